The van der Waals surface area contributed by atoms with E-state index in [0.29, 0.717) is 59.1 Å². The molecule has 208 valence electrons. The van der Waals surface area contributed by atoms with Gasteiger partial charge in [-0.1, -0.05) is 6.08 Å². The van der Waals surface area contributed by atoms with Gasteiger partial charge in [0.25, 0.3) is 0 Å². The van der Waals surface area contributed by atoms with Gasteiger partial charge in [-0.3, -0.25) is 0 Å². The highest BCUT2D eigenvalue weighted by atomic mass is 16.6. The second-order valence-corrected chi connectivity index (χ2v) is 11.3. The van der Waals surface area contributed by atoms with Crippen LogP contribution in [0, 0.1) is 0 Å². The third-order valence-corrected chi connectivity index (χ3v) is 5.95. The molecule has 1 aliphatic heterocycles. The molecule has 4 rings (SSSR count). The number of aromatic nitrogens is 3. The van der Waals surface area contributed by atoms with Gasteiger partial charge in [0.1, 0.15) is 16.7 Å². The van der Waals surface area contributed by atoms with Crippen LogP contribution in [0.15, 0.2) is 36.5 Å². The zero-order chi connectivity index (χ0) is 28.5. The molecule has 39 heavy (non-hydrogen) atoms. The number of hydrogen-bond acceptors (Lipinski definition) is 8. The molecule has 10 nitrogen and oxygen atoms in total. The molecular weight excluding hydrogens is 500 g/mol. The maximum Gasteiger partial charge on any atom is 0.420 e. The summed E-state index contributed by atoms with van der Waals surface area (Å²) in [5.74, 6) is 1.10. The predicted octanol–water partition coefficient (Wildman–Crippen LogP) is 5.92. The molecule has 2 aromatic heterocycles. The van der Waals surface area contributed by atoms with Gasteiger partial charge in [0.2, 0.25) is 0 Å². The first kappa shape index (κ1) is 27.9. The largest absolute Gasteiger partial charge is 0.493 e. The van der Waals surface area contributed by atoms with Crippen molar-refractivity contribution in [1.29, 1.82) is 0 Å². The first-order valence-corrected chi connectivity index (χ1v) is 12.8. The molecule has 3 aromatic rings. The second kappa shape index (κ2) is 10.6. The molecule has 10 heteroatoms. The average molecular weight is 537 g/mol. The number of carbonyl (C=O) groups is 2. The standard InChI is InChI=1S/C29H36N4O6/c1-28(2,3)38-26(34)32-13-11-18(12-14-32)21-17-30-25-20(31-21)16-22(33(25)27(35)39-29(4,5)6)19-9-10-23(36-7)24(15-19)37-8/h9-11,15-17H,12-14H2,1-8H3. The van der Waals surface area contributed by atoms with Crippen LogP contribution in [0.3, 0.4) is 0 Å². The molecule has 0 atom stereocenters. The van der Waals surface area contributed by atoms with Crippen LogP contribution in [0.2, 0.25) is 0 Å². The molecule has 0 radical (unpaired) electrons. The van der Waals surface area contributed by atoms with Gasteiger partial charge >= 0.3 is 12.2 Å². The molecule has 0 aliphatic carbocycles. The number of hydrogen-bond donors (Lipinski definition) is 0. The molecule has 1 amide bonds. The van der Waals surface area contributed by atoms with E-state index in [2.05, 4.69) is 4.98 Å². The van der Waals surface area contributed by atoms with E-state index >= 15 is 0 Å². The van der Waals surface area contributed by atoms with Gasteiger partial charge < -0.3 is 23.8 Å². The molecule has 0 spiro atoms. The Bertz CT molecular complexity index is 1430. The SMILES string of the molecule is COc1ccc(-c2cc3nc(C4=CCN(C(=O)OC(C)(C)C)CC4)cnc3n2C(=O)OC(C)(C)C)cc1OC. The third kappa shape index (κ3) is 6.32. The van der Waals surface area contributed by atoms with Crippen molar-refractivity contribution in [2.75, 3.05) is 27.3 Å². The number of fused-ring (bicyclic) bond motifs is 1. The fourth-order valence-corrected chi connectivity index (χ4v) is 4.22. The number of nitrogens with zero attached hydrogens (tertiary/aromatic N) is 4. The topological polar surface area (TPSA) is 105 Å². The van der Waals surface area contributed by atoms with Crippen LogP contribution < -0.4 is 9.47 Å². The van der Waals surface area contributed by atoms with Crippen LogP contribution in [-0.4, -0.2) is 70.1 Å². The molecule has 0 N–H and O–H groups in total. The fourth-order valence-electron chi connectivity index (χ4n) is 4.22. The van der Waals surface area contributed by atoms with Gasteiger partial charge in [-0.25, -0.2) is 24.1 Å². The van der Waals surface area contributed by atoms with E-state index in [1.54, 1.807) is 37.4 Å². The zero-order valence-electron chi connectivity index (χ0n) is 23.8. The van der Waals surface area contributed by atoms with Crippen LogP contribution in [0.4, 0.5) is 9.59 Å². The Balaban J connectivity index is 1.73. The highest BCUT2D eigenvalue weighted by Crippen LogP contribution is 2.35. The monoisotopic (exact) mass is 536 g/mol. The van der Waals surface area contributed by atoms with Gasteiger partial charge in [-0.15, -0.1) is 0 Å². The molecule has 1 aromatic carbocycles. The molecule has 0 saturated carbocycles. The Morgan fingerprint density at radius 3 is 2.15 bits per heavy atom. The third-order valence-electron chi connectivity index (χ3n) is 5.95. The van der Waals surface area contributed by atoms with Crippen molar-refractivity contribution in [3.8, 4) is 22.8 Å². The summed E-state index contributed by atoms with van der Waals surface area (Å²) < 4.78 is 23.5. The first-order valence-electron chi connectivity index (χ1n) is 12.8. The van der Waals surface area contributed by atoms with Gasteiger partial charge in [0.05, 0.1) is 31.8 Å². The predicted molar refractivity (Wildman–Crippen MR) is 148 cm³/mol. The normalized spacial score (nSPS) is 14.2. The summed E-state index contributed by atoms with van der Waals surface area (Å²) in [5.41, 5.74) is 2.60. The van der Waals surface area contributed by atoms with Crippen LogP contribution in [0.1, 0.15) is 53.7 Å². The van der Waals surface area contributed by atoms with Gasteiger partial charge in [0, 0.05) is 18.7 Å². The van der Waals surface area contributed by atoms with Crippen molar-refractivity contribution < 1.29 is 28.5 Å². The van der Waals surface area contributed by atoms with Crippen molar-refractivity contribution in [3.63, 3.8) is 0 Å². The van der Waals surface area contributed by atoms with Crippen LogP contribution in [0.5, 0.6) is 11.5 Å². The van der Waals surface area contributed by atoms with E-state index in [4.69, 9.17) is 23.9 Å². The lowest BCUT2D eigenvalue weighted by Gasteiger charge is -2.29. The maximum absolute atomic E-state index is 13.3. The lowest BCUT2D eigenvalue weighted by molar-refractivity contribution is 0.0270. The highest BCUT2D eigenvalue weighted by molar-refractivity contribution is 5.93. The average Bonchev–Trinajstić information content (AvgIpc) is 3.25. The van der Waals surface area contributed by atoms with Gasteiger partial charge in [0.15, 0.2) is 17.1 Å². The summed E-state index contributed by atoms with van der Waals surface area (Å²) in [6.07, 6.45) is 3.32. The van der Waals surface area contributed by atoms with Crippen molar-refractivity contribution in [2.45, 2.75) is 59.2 Å². The van der Waals surface area contributed by atoms with E-state index in [0.717, 1.165) is 5.57 Å². The molecule has 0 fully saturated rings. The van der Waals surface area contributed by atoms with Crippen molar-refractivity contribution in [1.82, 2.24) is 19.4 Å². The molecule has 3 heterocycles. The van der Waals surface area contributed by atoms with E-state index in [-0.39, 0.29) is 6.09 Å². The minimum absolute atomic E-state index is 0.340. The highest BCUT2D eigenvalue weighted by Gasteiger charge is 2.27. The van der Waals surface area contributed by atoms with Crippen LogP contribution in [-0.2, 0) is 9.47 Å². The molecular formula is C29H36N4O6. The van der Waals surface area contributed by atoms with Crippen molar-refractivity contribution in [2.24, 2.45) is 0 Å². The quantitative estimate of drug-likeness (QED) is 0.404. The lowest BCUT2D eigenvalue weighted by Crippen LogP contribution is -2.39. The molecule has 0 saturated heterocycles. The fraction of sp³-hybridized carbons (Fsp3) is 0.448. The van der Waals surface area contributed by atoms with Crippen molar-refractivity contribution in [3.05, 3.63) is 42.2 Å². The van der Waals surface area contributed by atoms with Crippen molar-refractivity contribution >= 4 is 28.9 Å². The number of amides is 1. The van der Waals surface area contributed by atoms with Crippen LogP contribution in [0.25, 0.3) is 28.0 Å². The smallest absolute Gasteiger partial charge is 0.420 e. The Labute approximate surface area is 228 Å². The first-order chi connectivity index (χ1) is 18.3. The van der Waals surface area contributed by atoms with E-state index in [1.807, 2.05) is 59.8 Å². The number of methoxy groups -OCH3 is 2. The number of carbonyl (C=O) groups excluding carboxylic acids is 2. The second-order valence-electron chi connectivity index (χ2n) is 11.3. The number of benzene rings is 1. The summed E-state index contributed by atoms with van der Waals surface area (Å²) in [6, 6.07) is 7.23. The summed E-state index contributed by atoms with van der Waals surface area (Å²) >= 11 is 0. The Morgan fingerprint density at radius 2 is 1.56 bits per heavy atom. The Morgan fingerprint density at radius 1 is 0.897 bits per heavy atom. The van der Waals surface area contributed by atoms with Gasteiger partial charge in [-0.05, 0) is 77.8 Å². The number of ether oxygens (including phenoxy) is 4. The lowest BCUT2D eigenvalue weighted by atomic mass is 10.1. The Kier molecular flexibility index (Phi) is 7.59. The Hall–Kier alpha value is -4.08. The molecule has 0 unspecified atom stereocenters. The van der Waals surface area contributed by atoms with E-state index < -0.39 is 17.3 Å². The molecule has 1 aliphatic rings. The number of rotatable bonds is 4. The summed E-state index contributed by atoms with van der Waals surface area (Å²) in [4.78, 5) is 36.9. The summed E-state index contributed by atoms with van der Waals surface area (Å²) in [7, 11) is 3.12. The summed E-state index contributed by atoms with van der Waals surface area (Å²) in [5, 5.41) is 0. The summed E-state index contributed by atoms with van der Waals surface area (Å²) in [6.45, 7) is 11.9. The minimum atomic E-state index is -0.706. The van der Waals surface area contributed by atoms with E-state index in [9.17, 15) is 9.59 Å². The minimum Gasteiger partial charge on any atom is -0.493 e. The van der Waals surface area contributed by atoms with Crippen LogP contribution >= 0.6 is 0 Å². The zero-order valence-corrected chi connectivity index (χ0v) is 23.8. The van der Waals surface area contributed by atoms with Gasteiger partial charge in [-0.2, -0.15) is 0 Å². The maximum atomic E-state index is 13.3. The molecule has 0 bridgehead atoms. The van der Waals surface area contributed by atoms with E-state index in [1.165, 1.54) is 4.57 Å².